The first-order chi connectivity index (χ1) is 5.40. The van der Waals surface area contributed by atoms with Crippen LogP contribution in [0.25, 0.3) is 0 Å². The van der Waals surface area contributed by atoms with Crippen LogP contribution in [-0.2, 0) is 6.42 Å². The maximum Gasteiger partial charge on any atom is 0.0348 e. The molecule has 2 heteroatoms. The Morgan fingerprint density at radius 2 is 2.36 bits per heavy atom. The Labute approximate surface area is 71.2 Å². The Morgan fingerprint density at radius 3 is 3.18 bits per heavy atom. The Balaban J connectivity index is 2.41. The van der Waals surface area contributed by atoms with Gasteiger partial charge in [-0.25, -0.2) is 0 Å². The van der Waals surface area contributed by atoms with Gasteiger partial charge in [-0.15, -0.1) is 11.8 Å². The molecule has 0 fully saturated rings. The van der Waals surface area contributed by atoms with Crippen molar-refractivity contribution in [1.29, 1.82) is 0 Å². The second kappa shape index (κ2) is 2.78. The van der Waals surface area contributed by atoms with Gasteiger partial charge in [-0.05, 0) is 24.1 Å². The van der Waals surface area contributed by atoms with E-state index in [9.17, 15) is 0 Å². The molecule has 0 unspecified atom stereocenters. The van der Waals surface area contributed by atoms with Crippen LogP contribution in [0, 0.1) is 0 Å². The van der Waals surface area contributed by atoms with Crippen molar-refractivity contribution in [2.75, 3.05) is 18.1 Å². The van der Waals surface area contributed by atoms with Crippen LogP contribution in [0.5, 0.6) is 0 Å². The van der Waals surface area contributed by atoms with Crippen LogP contribution < -0.4 is 5.32 Å². The third-order valence-electron chi connectivity index (χ3n) is 1.98. The Bertz CT molecular complexity index is 270. The first kappa shape index (κ1) is 7.04. The minimum atomic E-state index is 1.22. The van der Waals surface area contributed by atoms with E-state index in [-0.39, 0.29) is 0 Å². The molecule has 1 aliphatic heterocycles. The molecule has 1 heterocycles. The summed E-state index contributed by atoms with van der Waals surface area (Å²) in [5, 5.41) is 3.14. The summed E-state index contributed by atoms with van der Waals surface area (Å²) in [5.41, 5.74) is 2.73. The average Bonchev–Trinajstić information content (AvgIpc) is 2.50. The van der Waals surface area contributed by atoms with Gasteiger partial charge in [-0.1, -0.05) is 6.07 Å². The molecule has 1 nitrogen and oxygen atoms in total. The zero-order chi connectivity index (χ0) is 7.68. The number of nitrogens with one attached hydrogen (secondary N) is 1. The van der Waals surface area contributed by atoms with E-state index >= 15 is 0 Å². The molecule has 58 valence electrons. The van der Waals surface area contributed by atoms with E-state index in [0.29, 0.717) is 0 Å². The van der Waals surface area contributed by atoms with Gasteiger partial charge >= 0.3 is 0 Å². The molecule has 0 saturated heterocycles. The van der Waals surface area contributed by atoms with E-state index in [0.717, 1.165) is 0 Å². The van der Waals surface area contributed by atoms with Crippen LogP contribution >= 0.6 is 11.8 Å². The molecule has 11 heavy (non-hydrogen) atoms. The number of anilines is 1. The zero-order valence-electron chi connectivity index (χ0n) is 6.55. The first-order valence-electron chi connectivity index (χ1n) is 3.83. The minimum Gasteiger partial charge on any atom is -0.388 e. The van der Waals surface area contributed by atoms with Crippen LogP contribution in [0.3, 0.4) is 0 Å². The molecule has 0 bridgehead atoms. The topological polar surface area (TPSA) is 12.0 Å². The van der Waals surface area contributed by atoms with Gasteiger partial charge in [0.2, 0.25) is 0 Å². The smallest absolute Gasteiger partial charge is 0.0348 e. The highest BCUT2D eigenvalue weighted by molar-refractivity contribution is 7.99. The van der Waals surface area contributed by atoms with Gasteiger partial charge in [-0.2, -0.15) is 0 Å². The molecule has 0 aliphatic carbocycles. The Hall–Kier alpha value is -0.630. The predicted octanol–water partition coefficient (Wildman–Crippen LogP) is 2.38. The number of hydrogen-bond donors (Lipinski definition) is 1. The highest BCUT2D eigenvalue weighted by Gasteiger charge is 2.10. The summed E-state index contributed by atoms with van der Waals surface area (Å²) in [6.45, 7) is 0. The molecule has 0 spiro atoms. The molecular formula is C9H11NS. The normalized spacial score (nSPS) is 14.6. The predicted molar refractivity (Wildman–Crippen MR) is 50.4 cm³/mol. The third kappa shape index (κ3) is 1.23. The maximum atomic E-state index is 3.14. The van der Waals surface area contributed by atoms with Crippen molar-refractivity contribution in [2.45, 2.75) is 11.3 Å². The standard InChI is InChI=1S/C9H11NS/c1-10-8-3-2-7-4-5-11-9(7)6-8/h2-3,6,10H,4-5H2,1H3. The van der Waals surface area contributed by atoms with Gasteiger partial charge in [0.25, 0.3) is 0 Å². The summed E-state index contributed by atoms with van der Waals surface area (Å²) in [5.74, 6) is 1.25. The fourth-order valence-corrected chi connectivity index (χ4v) is 2.43. The van der Waals surface area contributed by atoms with E-state index in [2.05, 4.69) is 23.5 Å². The lowest BCUT2D eigenvalue weighted by Gasteiger charge is -2.01. The quantitative estimate of drug-likeness (QED) is 0.685. The number of thioether (sulfide) groups is 1. The van der Waals surface area contributed by atoms with Crippen molar-refractivity contribution >= 4 is 17.4 Å². The summed E-state index contributed by atoms with van der Waals surface area (Å²) in [6, 6.07) is 6.60. The lowest BCUT2D eigenvalue weighted by Crippen LogP contribution is -1.88. The average molecular weight is 165 g/mol. The number of aryl methyl sites for hydroxylation is 1. The van der Waals surface area contributed by atoms with Crippen molar-refractivity contribution in [3.05, 3.63) is 23.8 Å². The highest BCUT2D eigenvalue weighted by Crippen LogP contribution is 2.32. The Morgan fingerprint density at radius 1 is 1.45 bits per heavy atom. The van der Waals surface area contributed by atoms with Crippen molar-refractivity contribution in [1.82, 2.24) is 0 Å². The van der Waals surface area contributed by atoms with Crippen LogP contribution in [-0.4, -0.2) is 12.8 Å². The van der Waals surface area contributed by atoms with E-state index in [1.807, 2.05) is 18.8 Å². The van der Waals surface area contributed by atoms with Crippen LogP contribution in [0.15, 0.2) is 23.1 Å². The van der Waals surface area contributed by atoms with Gasteiger partial charge in [-0.3, -0.25) is 0 Å². The van der Waals surface area contributed by atoms with E-state index in [1.165, 1.54) is 28.3 Å². The lowest BCUT2D eigenvalue weighted by atomic mass is 10.1. The van der Waals surface area contributed by atoms with Gasteiger partial charge in [0.1, 0.15) is 0 Å². The number of rotatable bonds is 1. The first-order valence-corrected chi connectivity index (χ1v) is 4.82. The van der Waals surface area contributed by atoms with E-state index < -0.39 is 0 Å². The number of fused-ring (bicyclic) bond motifs is 1. The molecule has 0 amide bonds. The summed E-state index contributed by atoms with van der Waals surface area (Å²) in [7, 11) is 1.96. The van der Waals surface area contributed by atoms with Crippen molar-refractivity contribution < 1.29 is 0 Å². The molecular weight excluding hydrogens is 154 g/mol. The van der Waals surface area contributed by atoms with Crippen molar-refractivity contribution in [3.8, 4) is 0 Å². The van der Waals surface area contributed by atoms with E-state index in [4.69, 9.17) is 0 Å². The SMILES string of the molecule is CNc1ccc2c(c1)SCC2. The zero-order valence-corrected chi connectivity index (χ0v) is 7.37. The van der Waals surface area contributed by atoms with Crippen LogP contribution in [0.4, 0.5) is 5.69 Å². The summed E-state index contributed by atoms with van der Waals surface area (Å²) < 4.78 is 0. The second-order valence-corrected chi connectivity index (χ2v) is 3.81. The van der Waals surface area contributed by atoms with Gasteiger partial charge in [0, 0.05) is 23.4 Å². The third-order valence-corrected chi connectivity index (χ3v) is 3.08. The van der Waals surface area contributed by atoms with Gasteiger partial charge in [0.15, 0.2) is 0 Å². The monoisotopic (exact) mass is 165 g/mol. The van der Waals surface area contributed by atoms with Gasteiger partial charge in [0.05, 0.1) is 0 Å². The highest BCUT2D eigenvalue weighted by atomic mass is 32.2. The summed E-state index contributed by atoms with van der Waals surface area (Å²) in [4.78, 5) is 1.46. The maximum absolute atomic E-state index is 3.14. The van der Waals surface area contributed by atoms with E-state index in [1.54, 1.807) is 0 Å². The van der Waals surface area contributed by atoms with Crippen molar-refractivity contribution in [3.63, 3.8) is 0 Å². The molecule has 1 aromatic carbocycles. The minimum absolute atomic E-state index is 1.22. The summed E-state index contributed by atoms with van der Waals surface area (Å²) >= 11 is 1.96. The Kier molecular flexibility index (Phi) is 1.78. The summed E-state index contributed by atoms with van der Waals surface area (Å²) in [6.07, 6.45) is 1.24. The largest absolute Gasteiger partial charge is 0.388 e. The van der Waals surface area contributed by atoms with Crippen LogP contribution in [0.1, 0.15) is 5.56 Å². The second-order valence-electron chi connectivity index (χ2n) is 2.67. The lowest BCUT2D eigenvalue weighted by molar-refractivity contribution is 1.15. The molecule has 0 aromatic heterocycles. The fraction of sp³-hybridized carbons (Fsp3) is 0.333. The number of benzene rings is 1. The van der Waals surface area contributed by atoms with Crippen LogP contribution in [0.2, 0.25) is 0 Å². The molecule has 0 atom stereocenters. The fourth-order valence-electron chi connectivity index (χ4n) is 1.32. The molecule has 1 aliphatic rings. The molecule has 2 rings (SSSR count). The number of hydrogen-bond acceptors (Lipinski definition) is 2. The van der Waals surface area contributed by atoms with Gasteiger partial charge < -0.3 is 5.32 Å². The molecule has 1 aromatic rings. The molecule has 0 radical (unpaired) electrons. The van der Waals surface area contributed by atoms with Crippen molar-refractivity contribution in [2.24, 2.45) is 0 Å². The molecule has 1 N–H and O–H groups in total. The molecule has 0 saturated carbocycles.